The molecule has 0 saturated heterocycles. The van der Waals surface area contributed by atoms with E-state index in [4.69, 9.17) is 5.26 Å². The molecule has 1 rings (SSSR count). The molecule has 1 aromatic rings. The molecule has 0 bridgehead atoms. The van der Waals surface area contributed by atoms with Gasteiger partial charge in [-0.3, -0.25) is 4.79 Å². The summed E-state index contributed by atoms with van der Waals surface area (Å²) in [6, 6.07) is 9.71. The summed E-state index contributed by atoms with van der Waals surface area (Å²) < 4.78 is 4.56. The zero-order chi connectivity index (χ0) is 12.5. The van der Waals surface area contributed by atoms with Crippen molar-refractivity contribution in [3.05, 3.63) is 35.4 Å². The minimum absolute atomic E-state index is 0.155. The van der Waals surface area contributed by atoms with Gasteiger partial charge in [0.05, 0.1) is 18.7 Å². The Labute approximate surface area is 106 Å². The predicted molar refractivity (Wildman–Crippen MR) is 68.6 cm³/mol. The van der Waals surface area contributed by atoms with Crippen molar-refractivity contribution in [3.63, 3.8) is 0 Å². The van der Waals surface area contributed by atoms with Crippen molar-refractivity contribution in [2.45, 2.75) is 18.6 Å². The second-order valence-electron chi connectivity index (χ2n) is 3.54. The third-order valence-corrected chi connectivity index (χ3v) is 3.34. The monoisotopic (exact) mass is 249 g/mol. The number of hydrogen-bond donors (Lipinski definition) is 0. The lowest BCUT2D eigenvalue weighted by molar-refractivity contribution is -0.140. The number of esters is 1. The molecule has 0 fully saturated rings. The standard InChI is InChI=1S/C13H15NO2S/c1-16-13(15)6-3-7-17-10-12-5-2-4-11(8-12)9-14/h2,4-5,8H,3,6-7,10H2,1H3. The molecular weight excluding hydrogens is 234 g/mol. The number of ether oxygens (including phenoxy) is 1. The Bertz CT molecular complexity index is 412. The normalized spacial score (nSPS) is 9.65. The van der Waals surface area contributed by atoms with Crippen LogP contribution in [0.25, 0.3) is 0 Å². The molecule has 17 heavy (non-hydrogen) atoms. The van der Waals surface area contributed by atoms with Gasteiger partial charge < -0.3 is 4.74 Å². The van der Waals surface area contributed by atoms with Crippen LogP contribution in [0.4, 0.5) is 0 Å². The summed E-state index contributed by atoms with van der Waals surface area (Å²) in [4.78, 5) is 10.9. The lowest BCUT2D eigenvalue weighted by Crippen LogP contribution is -2.00. The minimum Gasteiger partial charge on any atom is -0.469 e. The number of methoxy groups -OCH3 is 1. The maximum Gasteiger partial charge on any atom is 0.305 e. The summed E-state index contributed by atoms with van der Waals surface area (Å²) in [7, 11) is 1.41. The Hall–Kier alpha value is -1.47. The molecule has 0 aromatic heterocycles. The van der Waals surface area contributed by atoms with Crippen LogP contribution < -0.4 is 0 Å². The highest BCUT2D eigenvalue weighted by molar-refractivity contribution is 7.98. The second kappa shape index (κ2) is 7.75. The highest BCUT2D eigenvalue weighted by Crippen LogP contribution is 2.15. The fraction of sp³-hybridized carbons (Fsp3) is 0.385. The quantitative estimate of drug-likeness (QED) is 0.574. The number of thioether (sulfide) groups is 1. The van der Waals surface area contributed by atoms with Gasteiger partial charge in [0.1, 0.15) is 0 Å². The molecule has 0 radical (unpaired) electrons. The molecule has 0 amide bonds. The number of hydrogen-bond acceptors (Lipinski definition) is 4. The van der Waals surface area contributed by atoms with Gasteiger partial charge in [-0.05, 0) is 29.9 Å². The van der Waals surface area contributed by atoms with Gasteiger partial charge in [0, 0.05) is 12.2 Å². The SMILES string of the molecule is COC(=O)CCCSCc1cccc(C#N)c1. The average Bonchev–Trinajstić information content (AvgIpc) is 2.38. The van der Waals surface area contributed by atoms with E-state index in [0.29, 0.717) is 12.0 Å². The highest BCUT2D eigenvalue weighted by atomic mass is 32.2. The van der Waals surface area contributed by atoms with E-state index in [1.165, 1.54) is 7.11 Å². The van der Waals surface area contributed by atoms with Crippen LogP contribution >= 0.6 is 11.8 Å². The van der Waals surface area contributed by atoms with Gasteiger partial charge in [0.2, 0.25) is 0 Å². The van der Waals surface area contributed by atoms with Crippen molar-refractivity contribution < 1.29 is 9.53 Å². The Balaban J connectivity index is 2.22. The number of nitriles is 1. The molecule has 0 saturated carbocycles. The summed E-state index contributed by atoms with van der Waals surface area (Å²) >= 11 is 1.76. The van der Waals surface area contributed by atoms with Crippen LogP contribution in [0.1, 0.15) is 24.0 Å². The summed E-state index contributed by atoms with van der Waals surface area (Å²) in [6.07, 6.45) is 1.30. The van der Waals surface area contributed by atoms with Crippen LogP contribution in [0.5, 0.6) is 0 Å². The van der Waals surface area contributed by atoms with E-state index >= 15 is 0 Å². The number of carbonyl (C=O) groups is 1. The molecule has 0 heterocycles. The van der Waals surface area contributed by atoms with Crippen molar-refractivity contribution in [1.29, 1.82) is 5.26 Å². The van der Waals surface area contributed by atoms with Crippen LogP contribution in [-0.4, -0.2) is 18.8 Å². The number of benzene rings is 1. The molecule has 1 aromatic carbocycles. The van der Waals surface area contributed by atoms with Crippen molar-refractivity contribution in [2.75, 3.05) is 12.9 Å². The predicted octanol–water partition coefficient (Wildman–Crippen LogP) is 2.74. The first-order chi connectivity index (χ1) is 8.26. The van der Waals surface area contributed by atoms with E-state index < -0.39 is 0 Å². The Morgan fingerprint density at radius 1 is 1.53 bits per heavy atom. The molecular formula is C13H15NO2S. The topological polar surface area (TPSA) is 50.1 Å². The maximum absolute atomic E-state index is 10.9. The van der Waals surface area contributed by atoms with Gasteiger partial charge in [-0.25, -0.2) is 0 Å². The van der Waals surface area contributed by atoms with E-state index in [2.05, 4.69) is 10.8 Å². The summed E-state index contributed by atoms with van der Waals surface area (Å²) in [5.74, 6) is 1.64. The molecule has 0 N–H and O–H groups in total. The number of carbonyl (C=O) groups excluding carboxylic acids is 1. The van der Waals surface area contributed by atoms with Gasteiger partial charge in [-0.15, -0.1) is 0 Å². The molecule has 0 aliphatic rings. The van der Waals surface area contributed by atoms with E-state index in [-0.39, 0.29) is 5.97 Å². The Kier molecular flexibility index (Phi) is 6.19. The third-order valence-electron chi connectivity index (χ3n) is 2.22. The lowest BCUT2D eigenvalue weighted by Gasteiger charge is -2.02. The van der Waals surface area contributed by atoms with Crippen LogP contribution in [0, 0.1) is 11.3 Å². The zero-order valence-electron chi connectivity index (χ0n) is 9.81. The van der Waals surface area contributed by atoms with Crippen molar-refractivity contribution in [3.8, 4) is 6.07 Å². The molecule has 0 aliphatic carbocycles. The lowest BCUT2D eigenvalue weighted by atomic mass is 10.2. The van der Waals surface area contributed by atoms with Gasteiger partial charge in [-0.2, -0.15) is 17.0 Å². The molecule has 0 atom stereocenters. The van der Waals surface area contributed by atoms with Crippen molar-refractivity contribution in [2.24, 2.45) is 0 Å². The molecule has 3 nitrogen and oxygen atoms in total. The summed E-state index contributed by atoms with van der Waals surface area (Å²) in [6.45, 7) is 0. The van der Waals surface area contributed by atoms with Crippen molar-refractivity contribution >= 4 is 17.7 Å². The van der Waals surface area contributed by atoms with Crippen LogP contribution in [0.3, 0.4) is 0 Å². The van der Waals surface area contributed by atoms with Crippen LogP contribution in [-0.2, 0) is 15.3 Å². The van der Waals surface area contributed by atoms with E-state index in [9.17, 15) is 4.79 Å². The van der Waals surface area contributed by atoms with Crippen LogP contribution in [0.2, 0.25) is 0 Å². The average molecular weight is 249 g/mol. The third kappa shape index (κ3) is 5.41. The first kappa shape index (κ1) is 13.6. The first-order valence-electron chi connectivity index (χ1n) is 5.40. The van der Waals surface area contributed by atoms with Gasteiger partial charge >= 0.3 is 5.97 Å². The van der Waals surface area contributed by atoms with E-state index in [1.807, 2.05) is 18.2 Å². The van der Waals surface area contributed by atoms with E-state index in [0.717, 1.165) is 23.5 Å². The molecule has 0 unspecified atom stereocenters. The summed E-state index contributed by atoms with van der Waals surface area (Å²) in [5.41, 5.74) is 1.84. The second-order valence-corrected chi connectivity index (χ2v) is 4.65. The number of nitrogens with zero attached hydrogens (tertiary/aromatic N) is 1. The highest BCUT2D eigenvalue weighted by Gasteiger charge is 2.00. The van der Waals surface area contributed by atoms with Crippen LogP contribution in [0.15, 0.2) is 24.3 Å². The van der Waals surface area contributed by atoms with Gasteiger partial charge in [0.15, 0.2) is 0 Å². The molecule has 0 aliphatic heterocycles. The fourth-order valence-corrected chi connectivity index (χ4v) is 2.25. The number of rotatable bonds is 6. The molecule has 4 heteroatoms. The largest absolute Gasteiger partial charge is 0.469 e. The molecule has 0 spiro atoms. The van der Waals surface area contributed by atoms with E-state index in [1.54, 1.807) is 17.8 Å². The Morgan fingerprint density at radius 3 is 3.06 bits per heavy atom. The fourth-order valence-electron chi connectivity index (χ4n) is 1.34. The molecule has 90 valence electrons. The van der Waals surface area contributed by atoms with Crippen molar-refractivity contribution in [1.82, 2.24) is 0 Å². The Morgan fingerprint density at radius 2 is 2.35 bits per heavy atom. The first-order valence-corrected chi connectivity index (χ1v) is 6.55. The van der Waals surface area contributed by atoms with Gasteiger partial charge in [-0.1, -0.05) is 12.1 Å². The van der Waals surface area contributed by atoms with Gasteiger partial charge in [0.25, 0.3) is 0 Å². The summed E-state index contributed by atoms with van der Waals surface area (Å²) in [5, 5.41) is 8.75. The zero-order valence-corrected chi connectivity index (χ0v) is 10.6. The smallest absolute Gasteiger partial charge is 0.305 e. The minimum atomic E-state index is -0.155. The maximum atomic E-state index is 10.9.